The van der Waals surface area contributed by atoms with Gasteiger partial charge < -0.3 is 4.90 Å². The van der Waals surface area contributed by atoms with E-state index in [4.69, 9.17) is 5.84 Å². The SMILES string of the molecule is CCC1(C)CCN(CCn2cc(C(=O)NN)nn2)CC1. The molecule has 0 radical (unpaired) electrons. The molecule has 1 saturated heterocycles. The van der Waals surface area contributed by atoms with Gasteiger partial charge >= 0.3 is 0 Å². The van der Waals surface area contributed by atoms with Gasteiger partial charge in [0.1, 0.15) is 0 Å². The maximum absolute atomic E-state index is 11.3. The molecule has 1 aromatic rings. The van der Waals surface area contributed by atoms with Crippen LogP contribution in [0.5, 0.6) is 0 Å². The molecule has 0 spiro atoms. The first-order valence-electron chi connectivity index (χ1n) is 7.20. The Morgan fingerprint density at radius 3 is 2.75 bits per heavy atom. The summed E-state index contributed by atoms with van der Waals surface area (Å²) in [6.07, 6.45) is 5.38. The van der Waals surface area contributed by atoms with Crippen molar-refractivity contribution in [1.82, 2.24) is 25.3 Å². The van der Waals surface area contributed by atoms with E-state index < -0.39 is 5.91 Å². The summed E-state index contributed by atoms with van der Waals surface area (Å²) in [5.74, 6) is 4.65. The molecule has 3 N–H and O–H groups in total. The van der Waals surface area contributed by atoms with Crippen molar-refractivity contribution in [1.29, 1.82) is 0 Å². The Bertz CT molecular complexity index is 449. The van der Waals surface area contributed by atoms with Crippen LogP contribution in [0.1, 0.15) is 43.6 Å². The predicted molar refractivity (Wildman–Crippen MR) is 75.7 cm³/mol. The molecule has 0 aromatic carbocycles. The summed E-state index contributed by atoms with van der Waals surface area (Å²) in [4.78, 5) is 13.7. The summed E-state index contributed by atoms with van der Waals surface area (Å²) >= 11 is 0. The van der Waals surface area contributed by atoms with Crippen molar-refractivity contribution in [2.75, 3.05) is 19.6 Å². The molecule has 2 rings (SSSR count). The zero-order chi connectivity index (χ0) is 14.6. The molecule has 0 atom stereocenters. The van der Waals surface area contributed by atoms with Gasteiger partial charge in [-0.15, -0.1) is 5.10 Å². The van der Waals surface area contributed by atoms with Gasteiger partial charge in [-0.05, 0) is 31.3 Å². The number of aromatic nitrogens is 3. The smallest absolute Gasteiger partial charge is 0.287 e. The highest BCUT2D eigenvalue weighted by Crippen LogP contribution is 2.33. The van der Waals surface area contributed by atoms with Crippen LogP contribution in [0, 0.1) is 5.41 Å². The second-order valence-corrected chi connectivity index (χ2v) is 5.85. The largest absolute Gasteiger partial charge is 0.301 e. The van der Waals surface area contributed by atoms with Crippen molar-refractivity contribution in [3.05, 3.63) is 11.9 Å². The van der Waals surface area contributed by atoms with Crippen LogP contribution in [0.25, 0.3) is 0 Å². The molecule has 7 nitrogen and oxygen atoms in total. The highest BCUT2D eigenvalue weighted by molar-refractivity contribution is 5.91. The molecule has 0 bridgehead atoms. The van der Waals surface area contributed by atoms with Crippen LogP contribution < -0.4 is 11.3 Å². The number of nitrogens with zero attached hydrogens (tertiary/aromatic N) is 4. The van der Waals surface area contributed by atoms with Gasteiger partial charge in [0.05, 0.1) is 12.7 Å². The number of piperidine rings is 1. The van der Waals surface area contributed by atoms with Crippen molar-refractivity contribution >= 4 is 5.91 Å². The number of nitrogens with one attached hydrogen (secondary N) is 1. The minimum absolute atomic E-state index is 0.254. The molecule has 20 heavy (non-hydrogen) atoms. The average Bonchev–Trinajstić information content (AvgIpc) is 2.95. The van der Waals surface area contributed by atoms with E-state index in [2.05, 4.69) is 34.5 Å². The first-order valence-corrected chi connectivity index (χ1v) is 7.20. The predicted octanol–water partition coefficient (Wildman–Crippen LogP) is 0.394. The maximum atomic E-state index is 11.3. The topological polar surface area (TPSA) is 89.1 Å². The summed E-state index contributed by atoms with van der Waals surface area (Å²) in [7, 11) is 0. The third kappa shape index (κ3) is 3.55. The summed E-state index contributed by atoms with van der Waals surface area (Å²) in [5, 5.41) is 7.73. The molecule has 1 aliphatic rings. The van der Waals surface area contributed by atoms with Crippen LogP contribution in [0.2, 0.25) is 0 Å². The molecule has 1 aromatic heterocycles. The van der Waals surface area contributed by atoms with E-state index in [0.717, 1.165) is 26.2 Å². The number of nitrogens with two attached hydrogens (primary N) is 1. The molecular weight excluding hydrogens is 256 g/mol. The number of hydrogen-bond donors (Lipinski definition) is 2. The molecule has 112 valence electrons. The normalized spacial score (nSPS) is 18.9. The monoisotopic (exact) mass is 280 g/mol. The minimum atomic E-state index is -0.409. The van der Waals surface area contributed by atoms with Crippen LogP contribution in [0.15, 0.2) is 6.20 Å². The van der Waals surface area contributed by atoms with E-state index in [1.165, 1.54) is 19.3 Å². The molecule has 7 heteroatoms. The van der Waals surface area contributed by atoms with Gasteiger partial charge in [0.25, 0.3) is 5.91 Å². The summed E-state index contributed by atoms with van der Waals surface area (Å²) in [6, 6.07) is 0. The van der Waals surface area contributed by atoms with Crippen LogP contribution in [-0.2, 0) is 6.54 Å². The average molecular weight is 280 g/mol. The Balaban J connectivity index is 1.79. The Morgan fingerprint density at radius 2 is 2.15 bits per heavy atom. The van der Waals surface area contributed by atoms with E-state index >= 15 is 0 Å². The van der Waals surface area contributed by atoms with Crippen molar-refractivity contribution in [3.8, 4) is 0 Å². The third-order valence-corrected chi connectivity index (χ3v) is 4.46. The van der Waals surface area contributed by atoms with Gasteiger partial charge in [-0.1, -0.05) is 25.5 Å². The van der Waals surface area contributed by atoms with Gasteiger partial charge in [0.15, 0.2) is 5.69 Å². The first kappa shape index (κ1) is 14.9. The van der Waals surface area contributed by atoms with Crippen molar-refractivity contribution in [3.63, 3.8) is 0 Å². The Hall–Kier alpha value is -1.47. The van der Waals surface area contributed by atoms with Gasteiger partial charge in [-0.3, -0.25) is 14.9 Å². The molecule has 0 aliphatic carbocycles. The van der Waals surface area contributed by atoms with Crippen LogP contribution in [0.4, 0.5) is 0 Å². The Labute approximate surface area is 119 Å². The van der Waals surface area contributed by atoms with Crippen molar-refractivity contribution < 1.29 is 4.79 Å². The summed E-state index contributed by atoms with van der Waals surface area (Å²) in [5.41, 5.74) is 2.81. The Morgan fingerprint density at radius 1 is 1.45 bits per heavy atom. The highest BCUT2D eigenvalue weighted by Gasteiger charge is 2.27. The van der Waals surface area contributed by atoms with Gasteiger partial charge in [-0.2, -0.15) is 0 Å². The number of carbonyl (C=O) groups is 1. The lowest BCUT2D eigenvalue weighted by molar-refractivity contribution is 0.0948. The second-order valence-electron chi connectivity index (χ2n) is 5.85. The summed E-state index contributed by atoms with van der Waals surface area (Å²) < 4.78 is 1.69. The number of nitrogen functional groups attached to an aromatic ring is 1. The lowest BCUT2D eigenvalue weighted by Crippen LogP contribution is -2.39. The Kier molecular flexibility index (Phi) is 4.72. The van der Waals surface area contributed by atoms with Gasteiger partial charge in [0.2, 0.25) is 0 Å². The minimum Gasteiger partial charge on any atom is -0.301 e. The molecule has 1 amide bonds. The molecule has 0 unspecified atom stereocenters. The number of likely N-dealkylation sites (tertiary alicyclic amines) is 1. The number of rotatable bonds is 5. The fraction of sp³-hybridized carbons (Fsp3) is 0.769. The fourth-order valence-corrected chi connectivity index (χ4v) is 2.50. The maximum Gasteiger partial charge on any atom is 0.287 e. The van der Waals surface area contributed by atoms with E-state index in [-0.39, 0.29) is 5.69 Å². The first-order chi connectivity index (χ1) is 9.56. The van der Waals surface area contributed by atoms with E-state index in [1.807, 2.05) is 0 Å². The number of hydrazine groups is 1. The quantitative estimate of drug-likeness (QED) is 0.463. The second kappa shape index (κ2) is 6.32. The van der Waals surface area contributed by atoms with Crippen LogP contribution >= 0.6 is 0 Å². The standard InChI is InChI=1S/C13H24N6O/c1-3-13(2)4-6-18(7-5-13)8-9-19-10-11(16-17-19)12(20)15-14/h10H,3-9,14H2,1-2H3,(H,15,20). The van der Waals surface area contributed by atoms with E-state index in [0.29, 0.717) is 5.41 Å². The van der Waals surface area contributed by atoms with Crippen LogP contribution in [-0.4, -0.2) is 45.4 Å². The van der Waals surface area contributed by atoms with Crippen molar-refractivity contribution in [2.45, 2.75) is 39.7 Å². The van der Waals surface area contributed by atoms with Crippen molar-refractivity contribution in [2.24, 2.45) is 11.3 Å². The third-order valence-electron chi connectivity index (χ3n) is 4.46. The molecule has 0 saturated carbocycles. The fourth-order valence-electron chi connectivity index (χ4n) is 2.50. The zero-order valence-corrected chi connectivity index (χ0v) is 12.3. The highest BCUT2D eigenvalue weighted by atomic mass is 16.2. The van der Waals surface area contributed by atoms with E-state index in [1.54, 1.807) is 10.9 Å². The van der Waals surface area contributed by atoms with E-state index in [9.17, 15) is 4.79 Å². The van der Waals surface area contributed by atoms with Crippen LogP contribution in [0.3, 0.4) is 0 Å². The number of hydrogen-bond acceptors (Lipinski definition) is 5. The number of carbonyl (C=O) groups excluding carboxylic acids is 1. The molecule has 1 fully saturated rings. The van der Waals surface area contributed by atoms with Gasteiger partial charge in [0, 0.05) is 6.54 Å². The molecular formula is C13H24N6O. The lowest BCUT2D eigenvalue weighted by Gasteiger charge is -2.38. The summed E-state index contributed by atoms with van der Waals surface area (Å²) in [6.45, 7) is 8.60. The van der Waals surface area contributed by atoms with Gasteiger partial charge in [-0.25, -0.2) is 5.84 Å². The lowest BCUT2D eigenvalue weighted by atomic mass is 9.78. The molecule has 2 heterocycles. The number of amides is 1. The zero-order valence-electron chi connectivity index (χ0n) is 12.3. The molecule has 1 aliphatic heterocycles.